The van der Waals surface area contributed by atoms with Crippen LogP contribution < -0.4 is 10.2 Å². The Morgan fingerprint density at radius 1 is 1.04 bits per heavy atom. The van der Waals surface area contributed by atoms with E-state index >= 15 is 0 Å². The SMILES string of the molecule is Cc1cc(=O)c2cc3c(c(-n4cc5cc[nH]c5c4)c2o1)OC(C)(C)[C@H](OOC[C@@](O)(Cc1ccc(O)c2ccc(O)cc12)[C@@H](O)[C@H](O)[C@H](O)CO)C3. The minimum atomic E-state index is -2.35. The molecule has 52 heavy (non-hydrogen) atoms. The minimum absolute atomic E-state index is 0.0869. The number of aliphatic hydroxyl groups is 5. The van der Waals surface area contributed by atoms with E-state index < -0.39 is 55.3 Å². The van der Waals surface area contributed by atoms with Gasteiger partial charge in [-0.3, -0.25) is 4.79 Å². The van der Waals surface area contributed by atoms with Crippen molar-refractivity contribution in [2.24, 2.45) is 0 Å². The number of nitrogens with zero attached hydrogens (tertiary/aromatic N) is 1. The monoisotopic (exact) mass is 716 g/mol. The first kappa shape index (κ1) is 35.5. The highest BCUT2D eigenvalue weighted by molar-refractivity contribution is 5.92. The molecule has 5 atom stereocenters. The molecule has 7 rings (SSSR count). The van der Waals surface area contributed by atoms with Gasteiger partial charge >= 0.3 is 0 Å². The average molecular weight is 717 g/mol. The zero-order valence-corrected chi connectivity index (χ0v) is 28.6. The zero-order valence-electron chi connectivity index (χ0n) is 28.6. The molecular formula is C38H40N2O12. The molecule has 14 nitrogen and oxygen atoms in total. The van der Waals surface area contributed by atoms with Crippen LogP contribution in [0.2, 0.25) is 0 Å². The third-order valence-electron chi connectivity index (χ3n) is 9.82. The molecule has 0 spiro atoms. The van der Waals surface area contributed by atoms with Crippen LogP contribution >= 0.6 is 0 Å². The third kappa shape index (κ3) is 6.28. The van der Waals surface area contributed by atoms with Crippen molar-refractivity contribution in [3.05, 3.63) is 94.2 Å². The number of aliphatic hydroxyl groups excluding tert-OH is 4. The molecule has 1 aliphatic heterocycles. The Morgan fingerprint density at radius 2 is 1.83 bits per heavy atom. The number of ether oxygens (including phenoxy) is 1. The molecule has 3 aromatic carbocycles. The summed E-state index contributed by atoms with van der Waals surface area (Å²) in [4.78, 5) is 27.9. The Bertz CT molecular complexity index is 2310. The Balaban J connectivity index is 1.21. The number of fused-ring (bicyclic) bond motifs is 4. The lowest BCUT2D eigenvalue weighted by Crippen LogP contribution is -2.57. The lowest BCUT2D eigenvalue weighted by atomic mass is 9.84. The van der Waals surface area contributed by atoms with E-state index in [-0.39, 0.29) is 23.3 Å². The molecule has 0 radical (unpaired) electrons. The Kier molecular flexibility index (Phi) is 9.03. The largest absolute Gasteiger partial charge is 0.508 e. The molecule has 6 aromatic rings. The van der Waals surface area contributed by atoms with Gasteiger partial charge in [-0.25, -0.2) is 9.78 Å². The summed E-state index contributed by atoms with van der Waals surface area (Å²) < 4.78 is 14.6. The van der Waals surface area contributed by atoms with Gasteiger partial charge in [-0.2, -0.15) is 0 Å². The number of hydrogen-bond acceptors (Lipinski definition) is 12. The second-order valence-electron chi connectivity index (χ2n) is 14.0. The van der Waals surface area contributed by atoms with Crippen LogP contribution in [0.15, 0.2) is 76.3 Å². The van der Waals surface area contributed by atoms with Crippen molar-refractivity contribution in [3.63, 3.8) is 0 Å². The van der Waals surface area contributed by atoms with Crippen molar-refractivity contribution in [2.45, 2.75) is 69.2 Å². The smallest absolute Gasteiger partial charge is 0.193 e. The van der Waals surface area contributed by atoms with Crippen molar-refractivity contribution >= 4 is 32.6 Å². The first-order chi connectivity index (χ1) is 24.7. The number of H-pyrrole nitrogens is 1. The number of hydrogen-bond donors (Lipinski definition) is 8. The fraction of sp³-hybridized carbons (Fsp3) is 0.342. The molecule has 0 aliphatic carbocycles. The number of aromatic hydroxyl groups is 2. The van der Waals surface area contributed by atoms with E-state index in [1.165, 1.54) is 36.4 Å². The number of aromatic amines is 1. The quantitative estimate of drug-likeness (QED) is 0.0717. The number of aromatic nitrogens is 2. The molecule has 274 valence electrons. The molecule has 0 saturated carbocycles. The van der Waals surface area contributed by atoms with Gasteiger partial charge < -0.3 is 54.5 Å². The summed E-state index contributed by atoms with van der Waals surface area (Å²) in [6.45, 7) is 3.61. The Hall–Kier alpha value is -4.93. The number of phenols is 2. The molecule has 0 fully saturated rings. The maximum atomic E-state index is 13.2. The summed E-state index contributed by atoms with van der Waals surface area (Å²) in [5, 5.41) is 75.9. The van der Waals surface area contributed by atoms with E-state index in [0.29, 0.717) is 50.1 Å². The first-order valence-electron chi connectivity index (χ1n) is 16.7. The van der Waals surface area contributed by atoms with Crippen LogP contribution in [0, 0.1) is 6.92 Å². The summed E-state index contributed by atoms with van der Waals surface area (Å²) in [5.41, 5.74) is -0.926. The fourth-order valence-electron chi connectivity index (χ4n) is 6.89. The first-order valence-corrected chi connectivity index (χ1v) is 16.7. The van der Waals surface area contributed by atoms with Crippen molar-refractivity contribution in [3.8, 4) is 22.9 Å². The van der Waals surface area contributed by atoms with Gasteiger partial charge in [0.15, 0.2) is 16.8 Å². The summed E-state index contributed by atoms with van der Waals surface area (Å²) in [6, 6.07) is 12.1. The van der Waals surface area contributed by atoms with E-state index in [1.807, 2.05) is 29.2 Å². The van der Waals surface area contributed by atoms with Crippen molar-refractivity contribution in [1.82, 2.24) is 9.55 Å². The van der Waals surface area contributed by atoms with Gasteiger partial charge in [-0.1, -0.05) is 6.07 Å². The predicted molar refractivity (Wildman–Crippen MR) is 189 cm³/mol. The molecular weight excluding hydrogens is 676 g/mol. The highest BCUT2D eigenvalue weighted by Gasteiger charge is 2.46. The van der Waals surface area contributed by atoms with Gasteiger partial charge in [0.25, 0.3) is 0 Å². The lowest BCUT2D eigenvalue weighted by molar-refractivity contribution is -0.369. The molecule has 3 aromatic heterocycles. The van der Waals surface area contributed by atoms with E-state index in [9.17, 15) is 40.5 Å². The number of benzene rings is 3. The van der Waals surface area contributed by atoms with Gasteiger partial charge in [0.1, 0.15) is 65.2 Å². The fourth-order valence-corrected chi connectivity index (χ4v) is 6.89. The molecule has 0 amide bonds. The second-order valence-corrected chi connectivity index (χ2v) is 14.0. The maximum Gasteiger partial charge on any atom is 0.193 e. The standard InChI is InChI=1S/C38H40N2O12/c1-19-10-29(44)26-11-22-12-31(37(2,3)51-34(22)32(35(26)50-19)40-15-21-8-9-39-27(21)16-40)52-49-18-38(48,36(47)33(46)30(45)17-41)14-20-4-7-28(43)24-6-5-23(42)13-25(20)24/h4-11,13,15-16,30-31,33,36,39,41-43,45-48H,12,14,17-18H2,1-3H3/t30-,31-,33-,36+,38+/m1/s1. The van der Waals surface area contributed by atoms with Gasteiger partial charge in [0, 0.05) is 53.8 Å². The topological polar surface area (TPSA) is 220 Å². The van der Waals surface area contributed by atoms with E-state index in [1.54, 1.807) is 26.8 Å². The molecule has 0 bridgehead atoms. The van der Waals surface area contributed by atoms with Crippen LogP contribution in [0.4, 0.5) is 0 Å². The van der Waals surface area contributed by atoms with Crippen molar-refractivity contribution < 1.29 is 54.7 Å². The normalized spacial score (nSPS) is 18.6. The van der Waals surface area contributed by atoms with Crippen molar-refractivity contribution in [2.75, 3.05) is 13.2 Å². The van der Waals surface area contributed by atoms with Crippen LogP contribution in [-0.4, -0.2) is 94.1 Å². The number of nitrogens with one attached hydrogen (secondary N) is 1. The summed E-state index contributed by atoms with van der Waals surface area (Å²) in [6.07, 6.45) is -1.32. The molecule has 8 N–H and O–H groups in total. The Morgan fingerprint density at radius 3 is 2.58 bits per heavy atom. The average Bonchev–Trinajstić information content (AvgIpc) is 3.71. The minimum Gasteiger partial charge on any atom is -0.508 e. The van der Waals surface area contributed by atoms with Crippen LogP contribution in [0.25, 0.3) is 38.3 Å². The highest BCUT2D eigenvalue weighted by Crippen LogP contribution is 2.43. The van der Waals surface area contributed by atoms with Crippen LogP contribution in [0.5, 0.6) is 17.2 Å². The molecule has 1 aliphatic rings. The van der Waals surface area contributed by atoms with Crippen LogP contribution in [0.1, 0.15) is 30.7 Å². The second kappa shape index (κ2) is 13.2. The lowest BCUT2D eigenvalue weighted by Gasteiger charge is -2.41. The molecule has 14 heteroatoms. The molecule has 4 heterocycles. The highest BCUT2D eigenvalue weighted by atomic mass is 17.2. The van der Waals surface area contributed by atoms with Gasteiger partial charge in [0.05, 0.1) is 17.5 Å². The van der Waals surface area contributed by atoms with Gasteiger partial charge in [0.2, 0.25) is 0 Å². The van der Waals surface area contributed by atoms with Gasteiger partial charge in [-0.15, -0.1) is 0 Å². The molecule has 0 saturated heterocycles. The number of phenolic OH excluding ortho intramolecular Hbond substituents is 2. The van der Waals surface area contributed by atoms with Crippen LogP contribution in [-0.2, 0) is 22.6 Å². The van der Waals surface area contributed by atoms with E-state index in [2.05, 4.69) is 4.98 Å². The predicted octanol–water partition coefficient (Wildman–Crippen LogP) is 3.02. The zero-order chi connectivity index (χ0) is 37.1. The summed E-state index contributed by atoms with van der Waals surface area (Å²) >= 11 is 0. The number of rotatable bonds is 11. The summed E-state index contributed by atoms with van der Waals surface area (Å²) in [5.74, 6) is 0.705. The third-order valence-corrected chi connectivity index (χ3v) is 9.82. The maximum absolute atomic E-state index is 13.2. The van der Waals surface area contributed by atoms with E-state index in [4.69, 9.17) is 18.9 Å². The van der Waals surface area contributed by atoms with E-state index in [0.717, 1.165) is 10.9 Å². The summed E-state index contributed by atoms with van der Waals surface area (Å²) in [7, 11) is 0. The van der Waals surface area contributed by atoms with Gasteiger partial charge in [-0.05, 0) is 68.1 Å². The van der Waals surface area contributed by atoms with Crippen molar-refractivity contribution in [1.29, 1.82) is 0 Å². The van der Waals surface area contributed by atoms with Crippen LogP contribution in [0.3, 0.4) is 0 Å². The Labute approximate surface area is 296 Å². The molecule has 0 unspecified atom stereocenters. The number of aryl methyl sites for hydroxylation is 1.